The molecule has 3 aliphatic rings. The van der Waals surface area contributed by atoms with Crippen molar-refractivity contribution in [1.29, 1.82) is 0 Å². The molecule has 0 N–H and O–H groups in total. The molecule has 0 spiro atoms. The lowest BCUT2D eigenvalue weighted by molar-refractivity contribution is -0.0774. The van der Waals surface area contributed by atoms with Crippen molar-refractivity contribution in [3.63, 3.8) is 0 Å². The van der Waals surface area contributed by atoms with Crippen LogP contribution in [0, 0.1) is 17.5 Å². The molecule has 1 aromatic heterocycles. The molecule has 0 amide bonds. The number of aromatic nitrogens is 1. The van der Waals surface area contributed by atoms with Gasteiger partial charge < -0.3 is 14.2 Å². The molecule has 6 rings (SSSR count). The third-order valence-electron chi connectivity index (χ3n) is 9.67. The molecule has 1 saturated heterocycles. The molecule has 1 saturated carbocycles. The Morgan fingerprint density at radius 1 is 0.978 bits per heavy atom. The molecule has 3 aromatic rings. The molecular weight excluding hydrogens is 595 g/mol. The van der Waals surface area contributed by atoms with Crippen molar-refractivity contribution in [2.24, 2.45) is 0 Å². The number of pyridine rings is 1. The van der Waals surface area contributed by atoms with E-state index in [1.807, 2.05) is 12.1 Å². The number of aryl methyl sites for hydroxylation is 1. The van der Waals surface area contributed by atoms with Crippen molar-refractivity contribution in [2.75, 3.05) is 41.0 Å². The monoisotopic (exact) mass is 637 g/mol. The maximum Gasteiger partial charge on any atom is 0.339 e. The SMILES string of the molecule is CCCc1nc2c(cc1C(=O)OC)C(OC)N(C1CCN(Cc3cc(C4CC4)c(-c4ccc(F)cc4F)c(F)c3OC)CC1)CC2. The number of benzene rings is 2. The summed E-state index contributed by atoms with van der Waals surface area (Å²) in [5.74, 6) is -2.22. The number of carbonyl (C=O) groups is 1. The molecule has 2 aromatic carbocycles. The molecule has 10 heteroatoms. The smallest absolute Gasteiger partial charge is 0.339 e. The van der Waals surface area contributed by atoms with Gasteiger partial charge in [0.2, 0.25) is 0 Å². The Bertz CT molecular complexity index is 1600. The number of likely N-dealkylation sites (tertiary alicyclic amines) is 1. The second-order valence-electron chi connectivity index (χ2n) is 12.6. The van der Waals surface area contributed by atoms with Gasteiger partial charge in [0.1, 0.15) is 17.9 Å². The van der Waals surface area contributed by atoms with Crippen LogP contribution in [0.1, 0.15) is 89.6 Å². The van der Waals surface area contributed by atoms with Gasteiger partial charge in [0.25, 0.3) is 0 Å². The van der Waals surface area contributed by atoms with E-state index in [0.717, 1.165) is 98.4 Å². The van der Waals surface area contributed by atoms with E-state index in [9.17, 15) is 13.6 Å². The number of fused-ring (bicyclic) bond motifs is 1. The maximum atomic E-state index is 16.1. The van der Waals surface area contributed by atoms with E-state index in [4.69, 9.17) is 19.2 Å². The van der Waals surface area contributed by atoms with Crippen LogP contribution in [0.2, 0.25) is 0 Å². The van der Waals surface area contributed by atoms with Crippen LogP contribution >= 0.6 is 0 Å². The van der Waals surface area contributed by atoms with Gasteiger partial charge in [-0.25, -0.2) is 18.0 Å². The van der Waals surface area contributed by atoms with Crippen LogP contribution in [-0.2, 0) is 28.9 Å². The Morgan fingerprint density at radius 3 is 2.37 bits per heavy atom. The molecule has 3 heterocycles. The van der Waals surface area contributed by atoms with Gasteiger partial charge in [-0.1, -0.05) is 13.3 Å². The van der Waals surface area contributed by atoms with Crippen LogP contribution in [0.3, 0.4) is 0 Å². The van der Waals surface area contributed by atoms with E-state index >= 15 is 4.39 Å². The van der Waals surface area contributed by atoms with Crippen molar-refractivity contribution in [3.05, 3.63) is 81.4 Å². The number of ether oxygens (including phenoxy) is 3. The molecule has 1 unspecified atom stereocenters. The van der Waals surface area contributed by atoms with Gasteiger partial charge in [0.15, 0.2) is 11.6 Å². The molecule has 246 valence electrons. The number of esters is 1. The summed E-state index contributed by atoms with van der Waals surface area (Å²) >= 11 is 0. The molecule has 1 atom stereocenters. The third-order valence-corrected chi connectivity index (χ3v) is 9.67. The lowest BCUT2D eigenvalue weighted by Gasteiger charge is -2.44. The average molecular weight is 638 g/mol. The summed E-state index contributed by atoms with van der Waals surface area (Å²) < 4.78 is 61.3. The lowest BCUT2D eigenvalue weighted by Crippen LogP contribution is -2.49. The molecule has 2 aliphatic heterocycles. The van der Waals surface area contributed by atoms with Crippen molar-refractivity contribution in [1.82, 2.24) is 14.8 Å². The van der Waals surface area contributed by atoms with Gasteiger partial charge in [0.05, 0.1) is 25.5 Å². The quantitative estimate of drug-likeness (QED) is 0.223. The predicted molar refractivity (Wildman–Crippen MR) is 168 cm³/mol. The number of halogens is 3. The second kappa shape index (κ2) is 13.7. The van der Waals surface area contributed by atoms with Crippen molar-refractivity contribution >= 4 is 5.97 Å². The summed E-state index contributed by atoms with van der Waals surface area (Å²) in [6.07, 6.45) is 5.63. The van der Waals surface area contributed by atoms with E-state index < -0.39 is 17.5 Å². The van der Waals surface area contributed by atoms with E-state index in [1.54, 1.807) is 7.11 Å². The average Bonchev–Trinajstić information content (AvgIpc) is 3.90. The summed E-state index contributed by atoms with van der Waals surface area (Å²) in [6.45, 7) is 4.96. The zero-order valence-electron chi connectivity index (χ0n) is 27.0. The van der Waals surface area contributed by atoms with Gasteiger partial charge in [-0.3, -0.25) is 14.8 Å². The summed E-state index contributed by atoms with van der Waals surface area (Å²) in [5, 5.41) is 0. The Morgan fingerprint density at radius 2 is 1.74 bits per heavy atom. The fourth-order valence-electron chi connectivity index (χ4n) is 7.28. The highest BCUT2D eigenvalue weighted by Gasteiger charge is 2.37. The number of rotatable bonds is 10. The van der Waals surface area contributed by atoms with Crippen LogP contribution in [0.25, 0.3) is 11.1 Å². The Kier molecular flexibility index (Phi) is 9.68. The zero-order chi connectivity index (χ0) is 32.5. The summed E-state index contributed by atoms with van der Waals surface area (Å²) in [7, 11) is 4.52. The number of nitrogens with zero attached hydrogens (tertiary/aromatic N) is 3. The van der Waals surface area contributed by atoms with Crippen LogP contribution in [0.4, 0.5) is 13.2 Å². The van der Waals surface area contributed by atoms with Gasteiger partial charge in [0, 0.05) is 66.7 Å². The number of hydrogen-bond donors (Lipinski definition) is 0. The highest BCUT2D eigenvalue weighted by molar-refractivity contribution is 5.90. The standard InChI is InChI=1S/C36H42F3N3O4/c1-5-6-30-28(36(43)46-4)19-27-31(40-30)13-16-42(35(27)45-3)24-11-14-41(15-12-24)20-22-17-26(21-7-8-21)32(33(39)34(22)44-2)25-10-9-23(37)18-29(25)38/h9-10,17-19,21,24,35H,5-8,11-16,20H2,1-4H3. The summed E-state index contributed by atoms with van der Waals surface area (Å²) in [5.41, 5.74) is 4.88. The molecule has 46 heavy (non-hydrogen) atoms. The van der Waals surface area contributed by atoms with E-state index in [0.29, 0.717) is 18.5 Å². The van der Waals surface area contributed by atoms with Crippen molar-refractivity contribution in [3.8, 4) is 16.9 Å². The van der Waals surface area contributed by atoms with Crippen LogP contribution in [0.15, 0.2) is 30.3 Å². The van der Waals surface area contributed by atoms with Gasteiger partial charge in [-0.15, -0.1) is 0 Å². The van der Waals surface area contributed by atoms with Crippen LogP contribution in [0.5, 0.6) is 5.75 Å². The lowest BCUT2D eigenvalue weighted by atomic mass is 9.92. The zero-order valence-corrected chi connectivity index (χ0v) is 27.0. The first kappa shape index (κ1) is 32.5. The molecule has 0 bridgehead atoms. The van der Waals surface area contributed by atoms with Crippen molar-refractivity contribution < 1.29 is 32.2 Å². The van der Waals surface area contributed by atoms with E-state index in [1.165, 1.54) is 20.3 Å². The minimum Gasteiger partial charge on any atom is -0.493 e. The van der Waals surface area contributed by atoms with Gasteiger partial charge in [-0.2, -0.15) is 0 Å². The normalized spacial score (nSPS) is 19.2. The third kappa shape index (κ3) is 6.27. The van der Waals surface area contributed by atoms with Gasteiger partial charge in [-0.05, 0) is 80.9 Å². The fraction of sp³-hybridized carbons (Fsp3) is 0.500. The Hall–Kier alpha value is -3.47. The maximum absolute atomic E-state index is 16.1. The highest BCUT2D eigenvalue weighted by Crippen LogP contribution is 2.48. The summed E-state index contributed by atoms with van der Waals surface area (Å²) in [4.78, 5) is 22.2. The highest BCUT2D eigenvalue weighted by atomic mass is 19.1. The Labute approximate surface area is 268 Å². The minimum absolute atomic E-state index is 0.0535. The topological polar surface area (TPSA) is 64.1 Å². The predicted octanol–water partition coefficient (Wildman–Crippen LogP) is 6.96. The summed E-state index contributed by atoms with van der Waals surface area (Å²) in [6, 6.07) is 7.40. The molecule has 7 nitrogen and oxygen atoms in total. The number of methoxy groups -OCH3 is 3. The first-order valence-electron chi connectivity index (χ1n) is 16.2. The first-order chi connectivity index (χ1) is 22.3. The fourth-order valence-corrected chi connectivity index (χ4v) is 7.28. The van der Waals surface area contributed by atoms with Crippen LogP contribution in [-0.4, -0.2) is 67.8 Å². The minimum atomic E-state index is -0.786. The number of carbonyl (C=O) groups excluding carboxylic acids is 1. The van der Waals surface area contributed by atoms with Crippen molar-refractivity contribution in [2.45, 2.75) is 76.6 Å². The molecule has 1 aliphatic carbocycles. The van der Waals surface area contributed by atoms with E-state index in [2.05, 4.69) is 16.7 Å². The first-order valence-corrected chi connectivity index (χ1v) is 16.2. The second-order valence-corrected chi connectivity index (χ2v) is 12.6. The Balaban J connectivity index is 1.20. The molecule has 0 radical (unpaired) electrons. The number of piperidine rings is 1. The van der Waals surface area contributed by atoms with E-state index in [-0.39, 0.29) is 41.0 Å². The largest absolute Gasteiger partial charge is 0.493 e. The molecular formula is C36H42F3N3O4. The molecule has 2 fully saturated rings. The van der Waals surface area contributed by atoms with Gasteiger partial charge >= 0.3 is 5.97 Å². The number of hydrogen-bond acceptors (Lipinski definition) is 7. The van der Waals surface area contributed by atoms with Crippen LogP contribution < -0.4 is 4.74 Å².